The van der Waals surface area contributed by atoms with E-state index in [0.717, 1.165) is 43.9 Å². The minimum absolute atomic E-state index is 0.180. The van der Waals surface area contributed by atoms with Crippen LogP contribution in [0, 0.1) is 5.92 Å². The monoisotopic (exact) mass is 324 g/mol. The number of carbonyl (C=O) groups excluding carboxylic acids is 1. The van der Waals surface area contributed by atoms with Crippen LogP contribution >= 0.6 is 0 Å². The van der Waals surface area contributed by atoms with Gasteiger partial charge in [-0.3, -0.25) is 9.78 Å². The molecule has 1 aliphatic heterocycles. The number of amides is 1. The fourth-order valence-corrected chi connectivity index (χ4v) is 2.96. The number of rotatable bonds is 6. The predicted octanol–water partition coefficient (Wildman–Crippen LogP) is 2.84. The Kier molecular flexibility index (Phi) is 5.66. The largest absolute Gasteiger partial charge is 0.385 e. The van der Waals surface area contributed by atoms with Crippen LogP contribution in [0.4, 0.5) is 11.4 Å². The quantitative estimate of drug-likeness (QED) is 0.858. The topological polar surface area (TPSA) is 57.3 Å². The maximum Gasteiger partial charge on any atom is 0.241 e. The number of hydrogen-bond acceptors (Lipinski definition) is 4. The number of benzene rings is 1. The highest BCUT2D eigenvalue weighted by atomic mass is 16.2. The van der Waals surface area contributed by atoms with E-state index in [1.165, 1.54) is 0 Å². The van der Waals surface area contributed by atoms with E-state index in [1.807, 2.05) is 47.4 Å². The van der Waals surface area contributed by atoms with Crippen LogP contribution in [0.25, 0.3) is 0 Å². The van der Waals surface area contributed by atoms with Crippen molar-refractivity contribution in [3.8, 4) is 0 Å². The second kappa shape index (κ2) is 8.34. The van der Waals surface area contributed by atoms with Crippen LogP contribution < -0.4 is 10.6 Å². The molecule has 2 aromatic rings. The number of anilines is 2. The van der Waals surface area contributed by atoms with Gasteiger partial charge in [0.25, 0.3) is 0 Å². The number of piperidine rings is 1. The average molecular weight is 324 g/mol. The summed E-state index contributed by atoms with van der Waals surface area (Å²) in [6, 6.07) is 13.8. The molecule has 5 heteroatoms. The van der Waals surface area contributed by atoms with Crippen LogP contribution in [0.2, 0.25) is 0 Å². The predicted molar refractivity (Wildman–Crippen MR) is 97.0 cm³/mol. The van der Waals surface area contributed by atoms with Crippen molar-refractivity contribution in [2.24, 2.45) is 5.92 Å². The number of nitrogens with zero attached hydrogens (tertiary/aromatic N) is 2. The van der Waals surface area contributed by atoms with Crippen molar-refractivity contribution in [3.05, 3.63) is 54.9 Å². The molecule has 126 valence electrons. The van der Waals surface area contributed by atoms with E-state index in [1.54, 1.807) is 12.4 Å². The Hall–Kier alpha value is -2.56. The van der Waals surface area contributed by atoms with Gasteiger partial charge in [-0.25, -0.2) is 0 Å². The van der Waals surface area contributed by atoms with E-state index >= 15 is 0 Å². The van der Waals surface area contributed by atoms with Crippen molar-refractivity contribution < 1.29 is 4.79 Å². The SMILES string of the molecule is O=C(CNc1ccccc1)N1CCC(CNc2ccncc2)CC1. The number of nitrogens with one attached hydrogen (secondary N) is 2. The molecule has 1 aromatic heterocycles. The zero-order valence-electron chi connectivity index (χ0n) is 13.8. The van der Waals surface area contributed by atoms with Gasteiger partial charge in [0.05, 0.1) is 6.54 Å². The lowest BCUT2D eigenvalue weighted by atomic mass is 9.96. The first-order valence-electron chi connectivity index (χ1n) is 8.52. The van der Waals surface area contributed by atoms with E-state index < -0.39 is 0 Å². The van der Waals surface area contributed by atoms with Gasteiger partial charge in [0, 0.05) is 43.4 Å². The van der Waals surface area contributed by atoms with E-state index in [4.69, 9.17) is 0 Å². The molecular weight excluding hydrogens is 300 g/mol. The summed E-state index contributed by atoms with van der Waals surface area (Å²) in [5, 5.41) is 6.64. The van der Waals surface area contributed by atoms with E-state index in [0.29, 0.717) is 12.5 Å². The third-order valence-electron chi connectivity index (χ3n) is 4.46. The second-order valence-corrected chi connectivity index (χ2v) is 6.16. The Bertz CT molecular complexity index is 624. The lowest BCUT2D eigenvalue weighted by molar-refractivity contribution is -0.130. The normalized spacial score (nSPS) is 15.1. The van der Waals surface area contributed by atoms with Crippen molar-refractivity contribution in [3.63, 3.8) is 0 Å². The molecule has 0 bridgehead atoms. The molecule has 1 aliphatic rings. The van der Waals surface area contributed by atoms with Crippen molar-refractivity contribution in [1.29, 1.82) is 0 Å². The van der Waals surface area contributed by atoms with Gasteiger partial charge in [-0.1, -0.05) is 18.2 Å². The lowest BCUT2D eigenvalue weighted by Crippen LogP contribution is -2.42. The number of aromatic nitrogens is 1. The summed E-state index contributed by atoms with van der Waals surface area (Å²) in [5.41, 5.74) is 2.10. The standard InChI is InChI=1S/C19H24N4O/c24-19(15-22-17-4-2-1-3-5-17)23-12-8-16(9-13-23)14-21-18-6-10-20-11-7-18/h1-7,10-11,16,22H,8-9,12-15H2,(H,20,21). The van der Waals surface area contributed by atoms with Gasteiger partial charge >= 0.3 is 0 Å². The highest BCUT2D eigenvalue weighted by Gasteiger charge is 2.22. The molecule has 3 rings (SSSR count). The van der Waals surface area contributed by atoms with Crippen LogP contribution in [0.3, 0.4) is 0 Å². The molecule has 24 heavy (non-hydrogen) atoms. The van der Waals surface area contributed by atoms with E-state index in [-0.39, 0.29) is 5.91 Å². The molecule has 5 nitrogen and oxygen atoms in total. The zero-order valence-corrected chi connectivity index (χ0v) is 13.8. The molecule has 0 saturated carbocycles. The number of likely N-dealkylation sites (tertiary alicyclic amines) is 1. The molecule has 0 spiro atoms. The lowest BCUT2D eigenvalue weighted by Gasteiger charge is -2.32. The highest BCUT2D eigenvalue weighted by molar-refractivity contribution is 5.80. The first-order chi connectivity index (χ1) is 11.8. The van der Waals surface area contributed by atoms with Crippen LogP contribution in [0.15, 0.2) is 54.9 Å². The summed E-state index contributed by atoms with van der Waals surface area (Å²) in [7, 11) is 0. The third kappa shape index (κ3) is 4.72. The van der Waals surface area contributed by atoms with Crippen molar-refractivity contribution >= 4 is 17.3 Å². The second-order valence-electron chi connectivity index (χ2n) is 6.16. The van der Waals surface area contributed by atoms with Crippen molar-refractivity contribution in [2.45, 2.75) is 12.8 Å². The zero-order chi connectivity index (χ0) is 16.6. The van der Waals surface area contributed by atoms with Crippen molar-refractivity contribution in [2.75, 3.05) is 36.8 Å². The van der Waals surface area contributed by atoms with Gasteiger partial charge in [-0.05, 0) is 43.0 Å². The number of pyridine rings is 1. The first kappa shape index (κ1) is 16.3. The van der Waals surface area contributed by atoms with Crippen LogP contribution in [-0.4, -0.2) is 42.0 Å². The number of carbonyl (C=O) groups is 1. The van der Waals surface area contributed by atoms with Gasteiger partial charge in [0.1, 0.15) is 0 Å². The highest BCUT2D eigenvalue weighted by Crippen LogP contribution is 2.18. The Morgan fingerprint density at radius 1 is 1.00 bits per heavy atom. The van der Waals surface area contributed by atoms with Crippen LogP contribution in [0.5, 0.6) is 0 Å². The molecule has 2 heterocycles. The molecule has 0 aliphatic carbocycles. The minimum Gasteiger partial charge on any atom is -0.385 e. The summed E-state index contributed by atoms with van der Waals surface area (Å²) in [5.74, 6) is 0.795. The maximum atomic E-state index is 12.3. The van der Waals surface area contributed by atoms with Gasteiger partial charge in [-0.2, -0.15) is 0 Å². The number of hydrogen-bond donors (Lipinski definition) is 2. The van der Waals surface area contributed by atoms with E-state index in [9.17, 15) is 4.79 Å². The van der Waals surface area contributed by atoms with Crippen molar-refractivity contribution in [1.82, 2.24) is 9.88 Å². The Balaban J connectivity index is 1.37. The minimum atomic E-state index is 0.180. The molecule has 0 unspecified atom stereocenters. The Morgan fingerprint density at radius 2 is 1.67 bits per heavy atom. The van der Waals surface area contributed by atoms with Crippen LogP contribution in [-0.2, 0) is 4.79 Å². The van der Waals surface area contributed by atoms with Gasteiger partial charge in [-0.15, -0.1) is 0 Å². The molecular formula is C19H24N4O. The average Bonchev–Trinajstić information content (AvgIpc) is 2.66. The van der Waals surface area contributed by atoms with Gasteiger partial charge in [0.15, 0.2) is 0 Å². The molecule has 2 N–H and O–H groups in total. The number of para-hydroxylation sites is 1. The first-order valence-corrected chi connectivity index (χ1v) is 8.52. The summed E-state index contributed by atoms with van der Waals surface area (Å²) in [6.45, 7) is 3.01. The molecule has 0 atom stereocenters. The Morgan fingerprint density at radius 3 is 2.38 bits per heavy atom. The summed E-state index contributed by atoms with van der Waals surface area (Å²) >= 11 is 0. The third-order valence-corrected chi connectivity index (χ3v) is 4.46. The molecule has 1 fully saturated rings. The molecule has 1 saturated heterocycles. The summed E-state index contributed by atoms with van der Waals surface area (Å²) in [4.78, 5) is 18.3. The van der Waals surface area contributed by atoms with Crippen LogP contribution in [0.1, 0.15) is 12.8 Å². The molecule has 1 aromatic carbocycles. The molecule has 0 radical (unpaired) electrons. The summed E-state index contributed by atoms with van der Waals surface area (Å²) in [6.07, 6.45) is 5.69. The fraction of sp³-hybridized carbons (Fsp3) is 0.368. The van der Waals surface area contributed by atoms with Gasteiger partial charge < -0.3 is 15.5 Å². The van der Waals surface area contributed by atoms with Gasteiger partial charge in [0.2, 0.25) is 5.91 Å². The summed E-state index contributed by atoms with van der Waals surface area (Å²) < 4.78 is 0. The fourth-order valence-electron chi connectivity index (χ4n) is 2.96. The van der Waals surface area contributed by atoms with E-state index in [2.05, 4.69) is 15.6 Å². The molecule has 1 amide bonds. The Labute approximate surface area is 143 Å². The smallest absolute Gasteiger partial charge is 0.241 e. The maximum absolute atomic E-state index is 12.3.